The number of rotatable bonds is 3. The molecule has 0 bridgehead atoms. The fraction of sp³-hybridized carbons (Fsp3) is 0. The molecule has 2 aromatic carbocycles. The molecule has 0 saturated heterocycles. The number of aromatic hydroxyl groups is 1. The zero-order valence-electron chi connectivity index (χ0n) is 8.96. The number of ether oxygens (including phenoxy) is 1. The third kappa shape index (κ3) is 2.55. The van der Waals surface area contributed by atoms with Gasteiger partial charge in [-0.1, -0.05) is 18.2 Å². The van der Waals surface area contributed by atoms with Crippen LogP contribution in [0, 0.1) is 0 Å². The Morgan fingerprint density at radius 2 is 1.76 bits per heavy atom. The predicted molar refractivity (Wildman–Crippen MR) is 63.1 cm³/mol. The van der Waals surface area contributed by atoms with E-state index >= 15 is 0 Å². The van der Waals surface area contributed by atoms with Crippen LogP contribution in [0.2, 0.25) is 0 Å². The average Bonchev–Trinajstić information content (AvgIpc) is 2.32. The number of hydrogen-bond acceptors (Lipinski definition) is 3. The zero-order valence-corrected chi connectivity index (χ0v) is 8.96. The van der Waals surface area contributed by atoms with Crippen LogP contribution in [-0.2, 0) is 0 Å². The number of benzene rings is 2. The quantitative estimate of drug-likeness (QED) is 0.848. The highest BCUT2D eigenvalue weighted by atomic mass is 16.5. The summed E-state index contributed by atoms with van der Waals surface area (Å²) >= 11 is 0. The SMILES string of the molecule is NC(=O)c1cc(Oc2ccccc2)ccc1O. The lowest BCUT2D eigenvalue weighted by Gasteiger charge is -2.07. The van der Waals surface area contributed by atoms with Gasteiger partial charge >= 0.3 is 0 Å². The fourth-order valence-corrected chi connectivity index (χ4v) is 1.40. The average molecular weight is 229 g/mol. The molecule has 0 saturated carbocycles. The molecule has 86 valence electrons. The Balaban J connectivity index is 2.29. The lowest BCUT2D eigenvalue weighted by molar-refractivity contribution is 0.0997. The maximum Gasteiger partial charge on any atom is 0.252 e. The van der Waals surface area contributed by atoms with E-state index in [4.69, 9.17) is 10.5 Å². The van der Waals surface area contributed by atoms with Crippen LogP contribution in [0.25, 0.3) is 0 Å². The summed E-state index contributed by atoms with van der Waals surface area (Å²) in [7, 11) is 0. The number of para-hydroxylation sites is 1. The molecule has 0 aliphatic heterocycles. The molecule has 0 aromatic heterocycles. The minimum atomic E-state index is -0.694. The number of hydrogen-bond donors (Lipinski definition) is 2. The number of carbonyl (C=O) groups is 1. The Bertz CT molecular complexity index is 538. The summed E-state index contributed by atoms with van der Waals surface area (Å²) in [6.45, 7) is 0. The molecule has 4 nitrogen and oxygen atoms in total. The first kappa shape index (κ1) is 11.0. The first-order chi connectivity index (χ1) is 8.16. The minimum Gasteiger partial charge on any atom is -0.507 e. The summed E-state index contributed by atoms with van der Waals surface area (Å²) in [6.07, 6.45) is 0. The number of amides is 1. The second-order valence-corrected chi connectivity index (χ2v) is 3.46. The van der Waals surface area contributed by atoms with Crippen molar-refractivity contribution in [3.63, 3.8) is 0 Å². The molecule has 1 amide bonds. The molecule has 2 rings (SSSR count). The summed E-state index contributed by atoms with van der Waals surface area (Å²) < 4.78 is 5.51. The highest BCUT2D eigenvalue weighted by molar-refractivity contribution is 5.95. The lowest BCUT2D eigenvalue weighted by Crippen LogP contribution is -2.11. The third-order valence-corrected chi connectivity index (χ3v) is 2.21. The molecule has 2 aromatic rings. The van der Waals surface area contributed by atoms with Gasteiger partial charge in [-0.15, -0.1) is 0 Å². The number of phenols is 1. The molecule has 0 aliphatic rings. The van der Waals surface area contributed by atoms with E-state index in [2.05, 4.69) is 0 Å². The Kier molecular flexibility index (Phi) is 2.96. The van der Waals surface area contributed by atoms with Gasteiger partial charge in [0, 0.05) is 0 Å². The van der Waals surface area contributed by atoms with Gasteiger partial charge < -0.3 is 15.6 Å². The van der Waals surface area contributed by atoms with Crippen LogP contribution in [0.1, 0.15) is 10.4 Å². The van der Waals surface area contributed by atoms with Crippen LogP contribution >= 0.6 is 0 Å². The van der Waals surface area contributed by atoms with Gasteiger partial charge in [-0.05, 0) is 30.3 Å². The normalized spacial score (nSPS) is 9.88. The van der Waals surface area contributed by atoms with Gasteiger partial charge in [-0.3, -0.25) is 4.79 Å². The number of primary amides is 1. The molecule has 0 radical (unpaired) electrons. The molecule has 4 heteroatoms. The largest absolute Gasteiger partial charge is 0.507 e. The van der Waals surface area contributed by atoms with Crippen LogP contribution in [-0.4, -0.2) is 11.0 Å². The van der Waals surface area contributed by atoms with Gasteiger partial charge in [0.05, 0.1) is 5.56 Å². The van der Waals surface area contributed by atoms with Crippen molar-refractivity contribution < 1.29 is 14.6 Å². The van der Waals surface area contributed by atoms with E-state index in [1.807, 2.05) is 18.2 Å². The van der Waals surface area contributed by atoms with Crippen molar-refractivity contribution in [2.75, 3.05) is 0 Å². The molecule has 0 spiro atoms. The summed E-state index contributed by atoms with van der Waals surface area (Å²) in [5.74, 6) is 0.246. The van der Waals surface area contributed by atoms with Crippen LogP contribution in [0.3, 0.4) is 0 Å². The summed E-state index contributed by atoms with van der Waals surface area (Å²) in [5, 5.41) is 9.42. The standard InChI is InChI=1S/C13H11NO3/c14-13(16)11-8-10(6-7-12(11)15)17-9-4-2-1-3-5-9/h1-8,15H,(H2,14,16). The highest BCUT2D eigenvalue weighted by Crippen LogP contribution is 2.26. The van der Waals surface area contributed by atoms with Crippen molar-refractivity contribution in [1.29, 1.82) is 0 Å². The van der Waals surface area contributed by atoms with Crippen LogP contribution in [0.5, 0.6) is 17.2 Å². The highest BCUT2D eigenvalue weighted by Gasteiger charge is 2.09. The van der Waals surface area contributed by atoms with E-state index in [-0.39, 0.29) is 11.3 Å². The summed E-state index contributed by atoms with van der Waals surface area (Å²) in [6, 6.07) is 13.5. The van der Waals surface area contributed by atoms with E-state index in [1.165, 1.54) is 12.1 Å². The molecule has 17 heavy (non-hydrogen) atoms. The van der Waals surface area contributed by atoms with Crippen molar-refractivity contribution in [3.05, 3.63) is 54.1 Å². The molecule has 0 fully saturated rings. The zero-order chi connectivity index (χ0) is 12.3. The Morgan fingerprint density at radius 1 is 1.06 bits per heavy atom. The molecular weight excluding hydrogens is 218 g/mol. The fourth-order valence-electron chi connectivity index (χ4n) is 1.40. The molecule has 0 aliphatic carbocycles. The first-order valence-electron chi connectivity index (χ1n) is 5.02. The summed E-state index contributed by atoms with van der Waals surface area (Å²) in [5.41, 5.74) is 5.16. The molecule has 0 atom stereocenters. The summed E-state index contributed by atoms with van der Waals surface area (Å²) in [4.78, 5) is 11.0. The van der Waals surface area contributed by atoms with Crippen LogP contribution in [0.4, 0.5) is 0 Å². The molecular formula is C13H11NO3. The van der Waals surface area contributed by atoms with Crippen LogP contribution in [0.15, 0.2) is 48.5 Å². The first-order valence-corrected chi connectivity index (χ1v) is 5.02. The Morgan fingerprint density at radius 3 is 2.41 bits per heavy atom. The molecule has 0 unspecified atom stereocenters. The van der Waals surface area contributed by atoms with E-state index in [0.29, 0.717) is 11.5 Å². The van der Waals surface area contributed by atoms with Gasteiger partial charge in [0.2, 0.25) is 0 Å². The van der Waals surface area contributed by atoms with Crippen molar-refractivity contribution in [1.82, 2.24) is 0 Å². The second kappa shape index (κ2) is 4.57. The van der Waals surface area contributed by atoms with E-state index in [9.17, 15) is 9.90 Å². The van der Waals surface area contributed by atoms with Gasteiger partial charge in [0.15, 0.2) is 0 Å². The van der Waals surface area contributed by atoms with Crippen molar-refractivity contribution in [3.8, 4) is 17.2 Å². The van der Waals surface area contributed by atoms with Crippen molar-refractivity contribution in [2.24, 2.45) is 5.73 Å². The smallest absolute Gasteiger partial charge is 0.252 e. The van der Waals surface area contributed by atoms with E-state index in [1.54, 1.807) is 18.2 Å². The van der Waals surface area contributed by atoms with Gasteiger partial charge in [0.25, 0.3) is 5.91 Å². The minimum absolute atomic E-state index is 0.0402. The van der Waals surface area contributed by atoms with Crippen molar-refractivity contribution >= 4 is 5.91 Å². The number of carbonyl (C=O) groups excluding carboxylic acids is 1. The predicted octanol–water partition coefficient (Wildman–Crippen LogP) is 2.28. The number of nitrogens with two attached hydrogens (primary N) is 1. The Hall–Kier alpha value is -2.49. The maximum absolute atomic E-state index is 11.0. The third-order valence-electron chi connectivity index (χ3n) is 2.21. The van der Waals surface area contributed by atoms with Gasteiger partial charge in [-0.25, -0.2) is 0 Å². The van der Waals surface area contributed by atoms with E-state index in [0.717, 1.165) is 0 Å². The monoisotopic (exact) mass is 229 g/mol. The van der Waals surface area contributed by atoms with Gasteiger partial charge in [-0.2, -0.15) is 0 Å². The lowest BCUT2D eigenvalue weighted by atomic mass is 10.2. The topological polar surface area (TPSA) is 72.6 Å². The van der Waals surface area contributed by atoms with Crippen molar-refractivity contribution in [2.45, 2.75) is 0 Å². The second-order valence-electron chi connectivity index (χ2n) is 3.46. The van der Waals surface area contributed by atoms with Gasteiger partial charge in [0.1, 0.15) is 17.2 Å². The molecule has 0 heterocycles. The molecule has 3 N–H and O–H groups in total. The van der Waals surface area contributed by atoms with Crippen LogP contribution < -0.4 is 10.5 Å². The Labute approximate surface area is 98.3 Å². The van der Waals surface area contributed by atoms with E-state index < -0.39 is 5.91 Å². The maximum atomic E-state index is 11.0.